The second-order valence-electron chi connectivity index (χ2n) is 7.69. The molecule has 1 heterocycles. The predicted molar refractivity (Wildman–Crippen MR) is 139 cm³/mol. The zero-order valence-electron chi connectivity index (χ0n) is 20.7. The van der Waals surface area contributed by atoms with Crippen LogP contribution in [0.4, 0.5) is 0 Å². The van der Waals surface area contributed by atoms with Crippen molar-refractivity contribution < 1.29 is 32.9 Å². The Kier molecular flexibility index (Phi) is 8.10. The molecule has 1 aromatic heterocycles. The molecule has 8 nitrogen and oxygen atoms in total. The summed E-state index contributed by atoms with van der Waals surface area (Å²) in [7, 11) is 1.57. The molecule has 0 radical (unpaired) electrons. The van der Waals surface area contributed by atoms with Gasteiger partial charge in [0, 0.05) is 12.1 Å². The summed E-state index contributed by atoms with van der Waals surface area (Å²) in [6.45, 7) is 4.79. The molecule has 4 aromatic rings. The third-order valence-electron chi connectivity index (χ3n) is 5.20. The fourth-order valence-electron chi connectivity index (χ4n) is 3.48. The Morgan fingerprint density at radius 3 is 2.27 bits per heavy atom. The molecule has 0 saturated carbocycles. The van der Waals surface area contributed by atoms with Gasteiger partial charge in [0.25, 0.3) is 0 Å². The SMILES string of the molecule is CCOc1ccc(C=CC(=O)Oc2ccc3c(=O)c(Oc4ccc(OC)cc4)coc3c2)cc1OCC. The van der Waals surface area contributed by atoms with Crippen molar-refractivity contribution in [3.63, 3.8) is 0 Å². The van der Waals surface area contributed by atoms with E-state index in [1.54, 1.807) is 49.6 Å². The van der Waals surface area contributed by atoms with E-state index in [0.29, 0.717) is 41.6 Å². The van der Waals surface area contributed by atoms with Gasteiger partial charge in [0.05, 0.1) is 25.7 Å². The number of carbonyl (C=O) groups excluding carboxylic acids is 1. The second-order valence-corrected chi connectivity index (χ2v) is 7.69. The fourth-order valence-corrected chi connectivity index (χ4v) is 3.48. The van der Waals surface area contributed by atoms with Crippen molar-refractivity contribution >= 4 is 23.0 Å². The van der Waals surface area contributed by atoms with Crippen molar-refractivity contribution in [1.29, 1.82) is 0 Å². The predicted octanol–water partition coefficient (Wildman–Crippen LogP) is 6.01. The maximum absolute atomic E-state index is 12.8. The van der Waals surface area contributed by atoms with Crippen molar-refractivity contribution in [2.75, 3.05) is 20.3 Å². The van der Waals surface area contributed by atoms with Crippen molar-refractivity contribution in [3.05, 3.63) is 88.8 Å². The molecule has 0 amide bonds. The van der Waals surface area contributed by atoms with E-state index in [2.05, 4.69) is 0 Å². The Labute approximate surface area is 213 Å². The van der Waals surface area contributed by atoms with Gasteiger partial charge in [-0.3, -0.25) is 4.79 Å². The van der Waals surface area contributed by atoms with E-state index >= 15 is 0 Å². The zero-order chi connectivity index (χ0) is 26.2. The van der Waals surface area contributed by atoms with Crippen LogP contribution in [0.3, 0.4) is 0 Å². The zero-order valence-corrected chi connectivity index (χ0v) is 20.7. The average Bonchev–Trinajstić information content (AvgIpc) is 2.91. The van der Waals surface area contributed by atoms with Crippen molar-refractivity contribution in [3.8, 4) is 34.5 Å². The largest absolute Gasteiger partial charge is 0.497 e. The van der Waals surface area contributed by atoms with Crippen LogP contribution < -0.4 is 29.1 Å². The molecule has 0 unspecified atom stereocenters. The van der Waals surface area contributed by atoms with E-state index in [0.717, 1.165) is 5.56 Å². The van der Waals surface area contributed by atoms with Crippen LogP contribution in [0.15, 0.2) is 82.2 Å². The quantitative estimate of drug-likeness (QED) is 0.148. The molecule has 0 N–H and O–H groups in total. The number of fused-ring (bicyclic) bond motifs is 1. The van der Waals surface area contributed by atoms with E-state index in [4.69, 9.17) is 28.1 Å². The summed E-state index contributed by atoms with van der Waals surface area (Å²) >= 11 is 0. The lowest BCUT2D eigenvalue weighted by molar-refractivity contribution is -0.128. The molecule has 3 aromatic carbocycles. The van der Waals surface area contributed by atoms with Crippen molar-refractivity contribution in [2.24, 2.45) is 0 Å². The lowest BCUT2D eigenvalue weighted by Crippen LogP contribution is -2.06. The Morgan fingerprint density at radius 1 is 0.838 bits per heavy atom. The normalized spacial score (nSPS) is 10.9. The molecule has 0 saturated heterocycles. The van der Waals surface area contributed by atoms with Crippen LogP contribution in [-0.2, 0) is 4.79 Å². The van der Waals surface area contributed by atoms with E-state index in [9.17, 15) is 9.59 Å². The minimum Gasteiger partial charge on any atom is -0.497 e. The summed E-state index contributed by atoms with van der Waals surface area (Å²) in [6.07, 6.45) is 4.14. The summed E-state index contributed by atoms with van der Waals surface area (Å²) in [4.78, 5) is 25.2. The summed E-state index contributed by atoms with van der Waals surface area (Å²) in [5.41, 5.74) is 0.655. The van der Waals surface area contributed by atoms with Gasteiger partial charge in [0.2, 0.25) is 11.2 Å². The first-order valence-electron chi connectivity index (χ1n) is 11.7. The molecule has 0 fully saturated rings. The Morgan fingerprint density at radius 2 is 1.54 bits per heavy atom. The van der Waals surface area contributed by atoms with Gasteiger partial charge in [0.1, 0.15) is 29.1 Å². The third kappa shape index (κ3) is 6.29. The highest BCUT2D eigenvalue weighted by Crippen LogP contribution is 2.29. The summed E-state index contributed by atoms with van der Waals surface area (Å²) in [5.74, 6) is 2.05. The van der Waals surface area contributed by atoms with Crippen LogP contribution in [0.2, 0.25) is 0 Å². The Hall–Kier alpha value is -4.72. The van der Waals surface area contributed by atoms with E-state index in [1.165, 1.54) is 30.5 Å². The fraction of sp³-hybridized carbons (Fsp3) is 0.172. The van der Waals surface area contributed by atoms with Gasteiger partial charge < -0.3 is 28.1 Å². The number of rotatable bonds is 10. The molecular formula is C29H26O8. The summed E-state index contributed by atoms with van der Waals surface area (Å²) in [6, 6.07) is 16.7. The maximum Gasteiger partial charge on any atom is 0.336 e. The molecule has 190 valence electrons. The molecule has 0 spiro atoms. The maximum atomic E-state index is 12.8. The lowest BCUT2D eigenvalue weighted by atomic mass is 10.2. The standard InChI is InChI=1S/C29H26O8/c1-4-33-24-14-6-19(16-26(24)34-5-2)7-15-28(30)37-22-12-13-23-25(17-22)35-18-27(29(23)31)36-21-10-8-20(32-3)9-11-21/h6-18H,4-5H2,1-3H3. The Bertz CT molecular complexity index is 1470. The number of carbonyl (C=O) groups is 1. The van der Waals surface area contributed by atoms with Crippen molar-refractivity contribution in [2.45, 2.75) is 13.8 Å². The Balaban J connectivity index is 1.46. The van der Waals surface area contributed by atoms with Crippen LogP contribution in [-0.4, -0.2) is 26.3 Å². The van der Waals surface area contributed by atoms with Crippen LogP contribution in [0.1, 0.15) is 19.4 Å². The van der Waals surface area contributed by atoms with Crippen LogP contribution in [0.25, 0.3) is 17.0 Å². The number of ether oxygens (including phenoxy) is 5. The summed E-state index contributed by atoms with van der Waals surface area (Å²) in [5, 5.41) is 0.291. The molecule has 0 aliphatic carbocycles. The smallest absolute Gasteiger partial charge is 0.336 e. The van der Waals surface area contributed by atoms with Gasteiger partial charge in [-0.05, 0) is 74.0 Å². The molecule has 8 heteroatoms. The first-order chi connectivity index (χ1) is 18.0. The topological polar surface area (TPSA) is 93.4 Å². The molecule has 37 heavy (non-hydrogen) atoms. The number of hydrogen-bond acceptors (Lipinski definition) is 8. The van der Waals surface area contributed by atoms with Crippen LogP contribution in [0, 0.1) is 0 Å². The van der Waals surface area contributed by atoms with E-state index in [-0.39, 0.29) is 22.5 Å². The highest BCUT2D eigenvalue weighted by molar-refractivity contribution is 5.89. The minimum atomic E-state index is -0.590. The molecular weight excluding hydrogens is 476 g/mol. The van der Waals surface area contributed by atoms with Gasteiger partial charge in [0.15, 0.2) is 11.5 Å². The second kappa shape index (κ2) is 11.8. The van der Waals surface area contributed by atoms with Gasteiger partial charge in [-0.1, -0.05) is 6.07 Å². The molecule has 0 bridgehead atoms. The van der Waals surface area contributed by atoms with Crippen LogP contribution >= 0.6 is 0 Å². The molecule has 0 aliphatic heterocycles. The molecule has 4 rings (SSSR count). The molecule has 0 aliphatic rings. The minimum absolute atomic E-state index is 0.0344. The number of hydrogen-bond donors (Lipinski definition) is 0. The summed E-state index contributed by atoms with van der Waals surface area (Å²) < 4.78 is 32.9. The molecule has 0 atom stereocenters. The van der Waals surface area contributed by atoms with Gasteiger partial charge in [-0.2, -0.15) is 0 Å². The monoisotopic (exact) mass is 502 g/mol. The van der Waals surface area contributed by atoms with E-state index < -0.39 is 5.97 Å². The first kappa shape index (κ1) is 25.4. The third-order valence-corrected chi connectivity index (χ3v) is 5.20. The van der Waals surface area contributed by atoms with E-state index in [1.807, 2.05) is 19.9 Å². The van der Waals surface area contributed by atoms with Crippen LogP contribution in [0.5, 0.6) is 34.5 Å². The lowest BCUT2D eigenvalue weighted by Gasteiger charge is -2.11. The van der Waals surface area contributed by atoms with Gasteiger partial charge in [-0.25, -0.2) is 4.79 Å². The average molecular weight is 503 g/mol. The highest BCUT2D eigenvalue weighted by Gasteiger charge is 2.12. The number of benzene rings is 3. The van der Waals surface area contributed by atoms with Crippen molar-refractivity contribution in [1.82, 2.24) is 0 Å². The number of methoxy groups -OCH3 is 1. The first-order valence-corrected chi connectivity index (χ1v) is 11.7. The van der Waals surface area contributed by atoms with Gasteiger partial charge >= 0.3 is 5.97 Å². The van der Waals surface area contributed by atoms with Gasteiger partial charge in [-0.15, -0.1) is 0 Å². The number of esters is 1. The highest BCUT2D eigenvalue weighted by atomic mass is 16.5.